The number of thiazole rings is 1. The molecule has 5 nitrogen and oxygen atoms in total. The highest BCUT2D eigenvalue weighted by Crippen LogP contribution is 2.26. The third kappa shape index (κ3) is 5.28. The molecule has 2 rings (SSSR count). The SMILES string of the molecule is O=S(CCOCCOCCO)c1nc2cc(Cl)ccc2s1. The molecular formula is C13H16ClNO4S2. The van der Waals surface area contributed by atoms with Gasteiger partial charge in [0.25, 0.3) is 0 Å². The second-order valence-electron chi connectivity index (χ2n) is 4.09. The third-order valence-corrected chi connectivity index (χ3v) is 5.44. The molecule has 0 aliphatic rings. The molecule has 1 N–H and O–H groups in total. The molecule has 0 saturated heterocycles. The van der Waals surface area contributed by atoms with E-state index >= 15 is 0 Å². The number of ether oxygens (including phenoxy) is 2. The summed E-state index contributed by atoms with van der Waals surface area (Å²) in [6.07, 6.45) is 0. The lowest BCUT2D eigenvalue weighted by Crippen LogP contribution is -2.11. The number of hydrogen-bond donors (Lipinski definition) is 1. The van der Waals surface area contributed by atoms with Crippen LogP contribution in [0.3, 0.4) is 0 Å². The Kier molecular flexibility index (Phi) is 7.01. The quantitative estimate of drug-likeness (QED) is 0.702. The van der Waals surface area contributed by atoms with Gasteiger partial charge in [0.15, 0.2) is 4.34 Å². The van der Waals surface area contributed by atoms with Gasteiger partial charge in [-0.2, -0.15) is 0 Å². The molecule has 0 amide bonds. The van der Waals surface area contributed by atoms with Crippen molar-refractivity contribution >= 4 is 44.0 Å². The van der Waals surface area contributed by atoms with Crippen molar-refractivity contribution in [3.8, 4) is 0 Å². The Morgan fingerprint density at radius 1 is 1.24 bits per heavy atom. The second-order valence-corrected chi connectivity index (χ2v) is 7.30. The summed E-state index contributed by atoms with van der Waals surface area (Å²) in [4.78, 5) is 4.34. The maximum atomic E-state index is 12.1. The minimum absolute atomic E-state index is 0.00560. The standard InChI is InChI=1S/C13H16ClNO4S2/c14-10-1-2-12-11(9-10)15-13(20-12)21(17)8-7-19-6-5-18-4-3-16/h1-2,9,16H,3-8H2. The monoisotopic (exact) mass is 349 g/mol. The Morgan fingerprint density at radius 3 is 2.76 bits per heavy atom. The lowest BCUT2D eigenvalue weighted by molar-refractivity contribution is 0.0376. The van der Waals surface area contributed by atoms with Gasteiger partial charge in [-0.3, -0.25) is 4.21 Å². The van der Waals surface area contributed by atoms with Gasteiger partial charge in [-0.15, -0.1) is 11.3 Å². The van der Waals surface area contributed by atoms with Crippen LogP contribution < -0.4 is 0 Å². The highest BCUT2D eigenvalue weighted by atomic mass is 35.5. The zero-order valence-corrected chi connectivity index (χ0v) is 13.7. The van der Waals surface area contributed by atoms with Crippen LogP contribution >= 0.6 is 22.9 Å². The fourth-order valence-electron chi connectivity index (χ4n) is 1.59. The summed E-state index contributed by atoms with van der Waals surface area (Å²) in [5.41, 5.74) is 0.772. The van der Waals surface area contributed by atoms with Crippen molar-refractivity contribution in [2.24, 2.45) is 0 Å². The van der Waals surface area contributed by atoms with E-state index in [1.165, 1.54) is 11.3 Å². The predicted octanol–water partition coefficient (Wildman–Crippen LogP) is 2.08. The number of aliphatic hydroxyl groups excluding tert-OH is 1. The first-order chi connectivity index (χ1) is 10.2. The molecule has 21 heavy (non-hydrogen) atoms. The fraction of sp³-hybridized carbons (Fsp3) is 0.462. The Balaban J connectivity index is 1.77. The number of fused-ring (bicyclic) bond motifs is 1. The Hall–Kier alpha value is -0.570. The molecule has 1 aromatic heterocycles. The molecule has 0 spiro atoms. The van der Waals surface area contributed by atoms with E-state index in [1.807, 2.05) is 6.07 Å². The van der Waals surface area contributed by atoms with Crippen LogP contribution in [0.15, 0.2) is 22.5 Å². The molecule has 1 aromatic carbocycles. The van der Waals surface area contributed by atoms with Crippen LogP contribution in [0, 0.1) is 0 Å². The first-order valence-electron chi connectivity index (χ1n) is 6.41. The molecule has 0 radical (unpaired) electrons. The molecular weight excluding hydrogens is 334 g/mol. The zero-order valence-electron chi connectivity index (χ0n) is 11.3. The molecule has 0 aliphatic heterocycles. The summed E-state index contributed by atoms with van der Waals surface area (Å²) in [5.74, 6) is 0.396. The Labute approximate surface area is 134 Å². The minimum Gasteiger partial charge on any atom is -0.394 e. The predicted molar refractivity (Wildman–Crippen MR) is 84.6 cm³/mol. The summed E-state index contributed by atoms with van der Waals surface area (Å²) in [6.45, 7) is 1.54. The van der Waals surface area contributed by atoms with Crippen molar-refractivity contribution in [2.45, 2.75) is 4.34 Å². The van der Waals surface area contributed by atoms with E-state index in [0.717, 1.165) is 10.2 Å². The van der Waals surface area contributed by atoms with Crippen molar-refractivity contribution in [1.82, 2.24) is 4.98 Å². The van der Waals surface area contributed by atoms with Crippen LogP contribution in [-0.4, -0.2) is 53.1 Å². The van der Waals surface area contributed by atoms with Crippen molar-refractivity contribution in [2.75, 3.05) is 38.8 Å². The molecule has 0 aliphatic carbocycles. The van der Waals surface area contributed by atoms with Crippen molar-refractivity contribution in [3.63, 3.8) is 0 Å². The summed E-state index contributed by atoms with van der Waals surface area (Å²) >= 11 is 7.31. The van der Waals surface area contributed by atoms with Crippen LogP contribution in [0.4, 0.5) is 0 Å². The van der Waals surface area contributed by atoms with Crippen molar-refractivity contribution in [1.29, 1.82) is 0 Å². The van der Waals surface area contributed by atoms with Crippen LogP contribution in [0.25, 0.3) is 10.2 Å². The molecule has 1 heterocycles. The summed E-state index contributed by atoms with van der Waals surface area (Å²) in [6, 6.07) is 5.44. The number of aromatic nitrogens is 1. The van der Waals surface area contributed by atoms with Crippen LogP contribution in [0.1, 0.15) is 0 Å². The summed E-state index contributed by atoms with van der Waals surface area (Å²) in [5, 5.41) is 9.15. The number of benzene rings is 1. The Morgan fingerprint density at radius 2 is 2.00 bits per heavy atom. The van der Waals surface area contributed by atoms with E-state index in [9.17, 15) is 4.21 Å². The van der Waals surface area contributed by atoms with Crippen LogP contribution in [0.2, 0.25) is 5.02 Å². The number of rotatable bonds is 9. The Bertz CT molecular complexity index is 605. The van der Waals surface area contributed by atoms with E-state index < -0.39 is 10.8 Å². The third-order valence-electron chi connectivity index (χ3n) is 2.55. The lowest BCUT2D eigenvalue weighted by Gasteiger charge is -2.03. The number of halogens is 1. The second kappa shape index (κ2) is 8.77. The average molecular weight is 350 g/mol. The van der Waals surface area contributed by atoms with E-state index in [0.29, 0.717) is 41.5 Å². The highest BCUT2D eigenvalue weighted by molar-refractivity contribution is 7.87. The molecule has 0 fully saturated rings. The van der Waals surface area contributed by atoms with Gasteiger partial charge in [-0.25, -0.2) is 4.98 Å². The molecule has 1 atom stereocenters. The van der Waals surface area contributed by atoms with E-state index in [1.54, 1.807) is 12.1 Å². The number of nitrogens with zero attached hydrogens (tertiary/aromatic N) is 1. The maximum Gasteiger partial charge on any atom is 0.181 e. The zero-order chi connectivity index (χ0) is 15.1. The van der Waals surface area contributed by atoms with E-state index in [2.05, 4.69) is 4.98 Å². The van der Waals surface area contributed by atoms with E-state index in [-0.39, 0.29) is 6.61 Å². The first kappa shape index (κ1) is 16.8. The first-order valence-corrected chi connectivity index (χ1v) is 8.93. The van der Waals surface area contributed by atoms with Gasteiger partial charge in [-0.05, 0) is 18.2 Å². The van der Waals surface area contributed by atoms with Gasteiger partial charge in [0.05, 0.1) is 59.8 Å². The summed E-state index contributed by atoms with van der Waals surface area (Å²) in [7, 11) is -1.17. The molecule has 0 saturated carbocycles. The van der Waals surface area contributed by atoms with Gasteiger partial charge < -0.3 is 14.6 Å². The molecule has 116 valence electrons. The van der Waals surface area contributed by atoms with Crippen LogP contribution in [0.5, 0.6) is 0 Å². The largest absolute Gasteiger partial charge is 0.394 e. The molecule has 8 heteroatoms. The fourth-order valence-corrected chi connectivity index (χ4v) is 3.96. The highest BCUT2D eigenvalue weighted by Gasteiger charge is 2.11. The van der Waals surface area contributed by atoms with Crippen molar-refractivity contribution < 1.29 is 18.8 Å². The van der Waals surface area contributed by atoms with Gasteiger partial charge in [0.1, 0.15) is 0 Å². The average Bonchev–Trinajstić information content (AvgIpc) is 2.89. The van der Waals surface area contributed by atoms with Crippen molar-refractivity contribution in [3.05, 3.63) is 23.2 Å². The molecule has 1 unspecified atom stereocenters. The van der Waals surface area contributed by atoms with E-state index in [4.69, 9.17) is 26.2 Å². The van der Waals surface area contributed by atoms with Gasteiger partial charge >= 0.3 is 0 Å². The van der Waals surface area contributed by atoms with Gasteiger partial charge in [0, 0.05) is 5.02 Å². The number of hydrogen-bond acceptors (Lipinski definition) is 6. The topological polar surface area (TPSA) is 68.7 Å². The maximum absolute atomic E-state index is 12.1. The summed E-state index contributed by atoms with van der Waals surface area (Å²) < 4.78 is 24.1. The van der Waals surface area contributed by atoms with Gasteiger partial charge in [-0.1, -0.05) is 11.6 Å². The smallest absolute Gasteiger partial charge is 0.181 e. The molecule has 2 aromatic rings. The van der Waals surface area contributed by atoms with Gasteiger partial charge in [0.2, 0.25) is 0 Å². The lowest BCUT2D eigenvalue weighted by atomic mass is 10.3. The molecule has 0 bridgehead atoms. The number of aliphatic hydroxyl groups is 1. The van der Waals surface area contributed by atoms with Crippen LogP contribution in [-0.2, 0) is 20.3 Å². The normalized spacial score (nSPS) is 12.9. The minimum atomic E-state index is -1.17.